The fourth-order valence-corrected chi connectivity index (χ4v) is 6.17. The number of aromatic nitrogens is 1. The highest BCUT2D eigenvalue weighted by atomic mass is 32.1. The molecule has 3 atom stereocenters. The number of benzene rings is 1. The fraction of sp³-hybridized carbons (Fsp3) is 0.639. The van der Waals surface area contributed by atoms with E-state index in [4.69, 9.17) is 18.9 Å². The highest BCUT2D eigenvalue weighted by Crippen LogP contribution is 2.29. The number of rotatable bonds is 17. The summed E-state index contributed by atoms with van der Waals surface area (Å²) in [6.45, 7) is 16.9. The van der Waals surface area contributed by atoms with Crippen molar-refractivity contribution in [3.8, 4) is 10.4 Å². The minimum atomic E-state index is -0.842. The molecule has 0 radical (unpaired) electrons. The van der Waals surface area contributed by atoms with Gasteiger partial charge in [0.2, 0.25) is 17.7 Å². The van der Waals surface area contributed by atoms with Crippen LogP contribution in [0.1, 0.15) is 78.6 Å². The van der Waals surface area contributed by atoms with Gasteiger partial charge in [-0.25, -0.2) is 9.78 Å². The molecule has 2 aromatic rings. The van der Waals surface area contributed by atoms with Crippen molar-refractivity contribution in [2.45, 2.75) is 92.0 Å². The first-order valence-corrected chi connectivity index (χ1v) is 18.1. The normalized spacial score (nSPS) is 16.1. The molecule has 1 saturated heterocycles. The van der Waals surface area contributed by atoms with Crippen LogP contribution in [-0.4, -0.2) is 104 Å². The van der Waals surface area contributed by atoms with E-state index in [0.29, 0.717) is 45.8 Å². The molecule has 0 saturated carbocycles. The number of aryl methyl sites for hydroxylation is 1. The lowest BCUT2D eigenvalue weighted by atomic mass is 9.85. The molecule has 4 amide bonds. The molecule has 1 aliphatic heterocycles. The second kappa shape index (κ2) is 19.1. The minimum Gasteiger partial charge on any atom is -0.444 e. The Hall–Kier alpha value is -3.59. The monoisotopic (exact) mass is 717 g/mol. The van der Waals surface area contributed by atoms with Gasteiger partial charge in [0.15, 0.2) is 0 Å². The first kappa shape index (κ1) is 40.8. The Morgan fingerprint density at radius 3 is 2.18 bits per heavy atom. The topological polar surface area (TPSA) is 157 Å². The number of amides is 4. The van der Waals surface area contributed by atoms with Gasteiger partial charge >= 0.3 is 6.09 Å². The quantitative estimate of drug-likeness (QED) is 0.202. The van der Waals surface area contributed by atoms with Crippen molar-refractivity contribution >= 4 is 35.2 Å². The van der Waals surface area contributed by atoms with Crippen LogP contribution in [0.25, 0.3) is 10.4 Å². The molecule has 14 heteroatoms. The summed E-state index contributed by atoms with van der Waals surface area (Å²) in [5.74, 6) is -0.925. The SMILES string of the molecule is Cc1ncsc1-c1ccc(C(C)NC(=O)C2CCCN2C(=O)C(NC(=O)COCCOCCOCCNC(=O)OC(C)(C)C)C(C)(C)C)cc1. The summed E-state index contributed by atoms with van der Waals surface area (Å²) in [7, 11) is 0. The molecule has 3 N–H and O–H groups in total. The van der Waals surface area contributed by atoms with Crippen LogP contribution in [0.3, 0.4) is 0 Å². The van der Waals surface area contributed by atoms with Gasteiger partial charge in [-0.3, -0.25) is 14.4 Å². The number of alkyl carbamates (subject to hydrolysis) is 1. The highest BCUT2D eigenvalue weighted by Gasteiger charge is 2.42. The van der Waals surface area contributed by atoms with Gasteiger partial charge in [0, 0.05) is 13.1 Å². The van der Waals surface area contributed by atoms with Crippen LogP contribution < -0.4 is 16.0 Å². The van der Waals surface area contributed by atoms with E-state index in [1.807, 2.05) is 64.4 Å². The van der Waals surface area contributed by atoms with Crippen molar-refractivity contribution in [1.29, 1.82) is 0 Å². The van der Waals surface area contributed by atoms with Crippen LogP contribution in [0.15, 0.2) is 29.8 Å². The Kier molecular flexibility index (Phi) is 15.6. The first-order valence-electron chi connectivity index (χ1n) is 17.2. The van der Waals surface area contributed by atoms with E-state index in [0.717, 1.165) is 21.7 Å². The molecular formula is C36H55N5O8S. The van der Waals surface area contributed by atoms with Crippen LogP contribution in [-0.2, 0) is 33.3 Å². The molecule has 1 aromatic carbocycles. The number of carbonyl (C=O) groups is 4. The highest BCUT2D eigenvalue weighted by molar-refractivity contribution is 7.13. The van der Waals surface area contributed by atoms with Gasteiger partial charge < -0.3 is 39.8 Å². The number of likely N-dealkylation sites (tertiary alicyclic amines) is 1. The molecule has 13 nitrogen and oxygen atoms in total. The Balaban J connectivity index is 1.39. The third-order valence-electron chi connectivity index (χ3n) is 7.93. The van der Waals surface area contributed by atoms with Gasteiger partial charge in [-0.05, 0) is 64.0 Å². The van der Waals surface area contributed by atoms with Gasteiger partial charge in [-0.15, -0.1) is 11.3 Å². The van der Waals surface area contributed by atoms with Crippen LogP contribution in [0, 0.1) is 12.3 Å². The van der Waals surface area contributed by atoms with Gasteiger partial charge in [0.05, 0.1) is 55.2 Å². The van der Waals surface area contributed by atoms with E-state index in [2.05, 4.69) is 20.9 Å². The third-order valence-corrected chi connectivity index (χ3v) is 8.90. The van der Waals surface area contributed by atoms with Crippen molar-refractivity contribution in [3.63, 3.8) is 0 Å². The average molecular weight is 718 g/mol. The summed E-state index contributed by atoms with van der Waals surface area (Å²) in [4.78, 5) is 58.8. The number of nitrogens with zero attached hydrogens (tertiary/aromatic N) is 2. The van der Waals surface area contributed by atoms with Crippen LogP contribution in [0.4, 0.5) is 4.79 Å². The first-order chi connectivity index (χ1) is 23.6. The number of ether oxygens (including phenoxy) is 4. The molecule has 278 valence electrons. The molecule has 1 aliphatic rings. The minimum absolute atomic E-state index is 0.182. The maximum absolute atomic E-state index is 13.8. The van der Waals surface area contributed by atoms with E-state index in [1.54, 1.807) is 37.0 Å². The number of carbonyl (C=O) groups excluding carboxylic acids is 4. The van der Waals surface area contributed by atoms with E-state index in [1.165, 1.54) is 0 Å². The Bertz CT molecular complexity index is 1400. The zero-order valence-corrected chi connectivity index (χ0v) is 31.6. The number of thiazole rings is 1. The Labute approximate surface area is 300 Å². The number of nitrogens with one attached hydrogen (secondary N) is 3. The van der Waals surface area contributed by atoms with E-state index >= 15 is 0 Å². The summed E-state index contributed by atoms with van der Waals surface area (Å²) in [6.07, 6.45) is 0.755. The molecule has 1 fully saturated rings. The van der Waals surface area contributed by atoms with Crippen LogP contribution in [0.2, 0.25) is 0 Å². The predicted molar refractivity (Wildman–Crippen MR) is 192 cm³/mol. The smallest absolute Gasteiger partial charge is 0.407 e. The Morgan fingerprint density at radius 2 is 1.58 bits per heavy atom. The Morgan fingerprint density at radius 1 is 0.940 bits per heavy atom. The predicted octanol–water partition coefficient (Wildman–Crippen LogP) is 4.39. The fourth-order valence-electron chi connectivity index (χ4n) is 5.36. The molecule has 50 heavy (non-hydrogen) atoms. The standard InChI is InChI=1S/C36H55N5O8S/c1-24(26-11-13-27(14-12-26)30-25(2)38-23-50-30)39-32(43)28-10-9-16-41(28)33(44)31(35(3,4)5)40-29(42)22-48-21-20-47-19-18-46-17-15-37-34(45)49-36(6,7)8/h11-14,23-24,28,31H,9-10,15-22H2,1-8H3,(H,37,45)(H,39,43)(H,40,42). The molecule has 0 spiro atoms. The van der Waals surface area contributed by atoms with Crippen molar-refractivity contribution in [3.05, 3.63) is 41.0 Å². The largest absolute Gasteiger partial charge is 0.444 e. The number of hydrogen-bond donors (Lipinski definition) is 3. The zero-order chi connectivity index (χ0) is 36.9. The van der Waals surface area contributed by atoms with E-state index < -0.39 is 35.1 Å². The van der Waals surface area contributed by atoms with Gasteiger partial charge in [0.1, 0.15) is 24.3 Å². The molecule has 1 aromatic heterocycles. The molecule has 0 aliphatic carbocycles. The van der Waals surface area contributed by atoms with Crippen molar-refractivity contribution in [2.75, 3.05) is 52.7 Å². The molecule has 3 rings (SSSR count). The van der Waals surface area contributed by atoms with Gasteiger partial charge in [0.25, 0.3) is 0 Å². The molecule has 0 bridgehead atoms. The summed E-state index contributed by atoms with van der Waals surface area (Å²) >= 11 is 1.59. The zero-order valence-electron chi connectivity index (χ0n) is 30.8. The molecule has 2 heterocycles. The van der Waals surface area contributed by atoms with Crippen molar-refractivity contribution < 1.29 is 38.1 Å². The van der Waals surface area contributed by atoms with Crippen LogP contribution >= 0.6 is 11.3 Å². The second-order valence-corrected chi connectivity index (χ2v) is 15.2. The lowest BCUT2D eigenvalue weighted by molar-refractivity contribution is -0.144. The third kappa shape index (κ3) is 13.3. The lowest BCUT2D eigenvalue weighted by Gasteiger charge is -2.35. The van der Waals surface area contributed by atoms with E-state index in [-0.39, 0.29) is 37.7 Å². The van der Waals surface area contributed by atoms with Crippen LogP contribution in [0.5, 0.6) is 0 Å². The summed E-state index contributed by atoms with van der Waals surface area (Å²) in [5.41, 5.74) is 3.70. The summed E-state index contributed by atoms with van der Waals surface area (Å²) in [5, 5.41) is 8.54. The van der Waals surface area contributed by atoms with Crippen molar-refractivity contribution in [1.82, 2.24) is 25.8 Å². The maximum Gasteiger partial charge on any atom is 0.407 e. The summed E-state index contributed by atoms with van der Waals surface area (Å²) < 4.78 is 21.5. The van der Waals surface area contributed by atoms with Gasteiger partial charge in [-0.1, -0.05) is 45.0 Å². The second-order valence-electron chi connectivity index (χ2n) is 14.4. The van der Waals surface area contributed by atoms with Gasteiger partial charge in [-0.2, -0.15) is 0 Å². The van der Waals surface area contributed by atoms with Crippen molar-refractivity contribution in [2.24, 2.45) is 5.41 Å². The summed E-state index contributed by atoms with van der Waals surface area (Å²) in [6, 6.07) is 6.35. The van der Waals surface area contributed by atoms with E-state index in [9.17, 15) is 19.2 Å². The number of hydrogen-bond acceptors (Lipinski definition) is 10. The lowest BCUT2D eigenvalue weighted by Crippen LogP contribution is -2.58. The molecular weight excluding hydrogens is 662 g/mol. The average Bonchev–Trinajstić information content (AvgIpc) is 3.70. The maximum atomic E-state index is 13.8. The molecule has 3 unspecified atom stereocenters.